The third kappa shape index (κ3) is 3.58. The highest BCUT2D eigenvalue weighted by atomic mass is 16.5. The highest BCUT2D eigenvalue weighted by Gasteiger charge is 2.20. The molecule has 2 aromatic carbocycles. The van der Waals surface area contributed by atoms with Gasteiger partial charge in [0.25, 0.3) is 0 Å². The molecule has 0 bridgehead atoms. The lowest BCUT2D eigenvalue weighted by Gasteiger charge is -2.23. The summed E-state index contributed by atoms with van der Waals surface area (Å²) in [5.74, 6) is 0.799. The molecule has 0 spiro atoms. The first-order valence-corrected chi connectivity index (χ1v) is 6.67. The van der Waals surface area contributed by atoms with Crippen molar-refractivity contribution in [2.45, 2.75) is 32.5 Å². The van der Waals surface area contributed by atoms with Crippen LogP contribution in [-0.4, -0.2) is 11.2 Å². The number of aryl methyl sites for hydroxylation is 1. The average molecular weight is 256 g/mol. The van der Waals surface area contributed by atoms with Gasteiger partial charge in [0.05, 0.1) is 0 Å². The molecule has 1 N–H and O–H groups in total. The smallest absolute Gasteiger partial charge is 0.128 e. The number of hydrogen-bond donors (Lipinski definition) is 1. The summed E-state index contributed by atoms with van der Waals surface area (Å²) in [6, 6.07) is 17.5. The molecule has 0 aliphatic rings. The van der Waals surface area contributed by atoms with Gasteiger partial charge in [-0.05, 0) is 31.0 Å². The third-order valence-electron chi connectivity index (χ3n) is 3.20. The van der Waals surface area contributed by atoms with Gasteiger partial charge in [0.15, 0.2) is 0 Å². The Morgan fingerprint density at radius 1 is 1.00 bits per heavy atom. The summed E-state index contributed by atoms with van der Waals surface area (Å²) in [6.07, 6.45) is -0.0816. The van der Waals surface area contributed by atoms with Crippen molar-refractivity contribution in [2.75, 3.05) is 0 Å². The van der Waals surface area contributed by atoms with Crippen LogP contribution >= 0.6 is 0 Å². The largest absolute Gasteiger partial charge is 0.487 e. The third-order valence-corrected chi connectivity index (χ3v) is 3.20. The van der Waals surface area contributed by atoms with Gasteiger partial charge in [-0.2, -0.15) is 0 Å². The maximum atomic E-state index is 10.4. The van der Waals surface area contributed by atoms with Crippen LogP contribution in [0.5, 0.6) is 5.75 Å². The van der Waals surface area contributed by atoms with E-state index < -0.39 is 6.10 Å². The van der Waals surface area contributed by atoms with Gasteiger partial charge in [-0.15, -0.1) is 0 Å². The summed E-state index contributed by atoms with van der Waals surface area (Å²) >= 11 is 0. The van der Waals surface area contributed by atoms with E-state index in [2.05, 4.69) is 0 Å². The number of benzene rings is 2. The summed E-state index contributed by atoms with van der Waals surface area (Å²) in [5, 5.41) is 10.4. The first-order chi connectivity index (χ1) is 9.20. The predicted octanol–water partition coefficient (Wildman–Crippen LogP) is 3.89. The molecule has 2 aromatic rings. The second kappa shape index (κ2) is 6.39. The maximum Gasteiger partial charge on any atom is 0.128 e. The number of ether oxygens (including phenoxy) is 1. The minimum atomic E-state index is -0.604. The Kier molecular flexibility index (Phi) is 4.58. The fourth-order valence-corrected chi connectivity index (χ4v) is 2.03. The topological polar surface area (TPSA) is 29.5 Å². The summed E-state index contributed by atoms with van der Waals surface area (Å²) in [7, 11) is 0. The molecule has 0 aliphatic heterocycles. The Morgan fingerprint density at radius 2 is 1.63 bits per heavy atom. The molecule has 19 heavy (non-hydrogen) atoms. The molecule has 2 unspecified atom stereocenters. The van der Waals surface area contributed by atoms with Crippen LogP contribution < -0.4 is 4.74 Å². The highest BCUT2D eigenvalue weighted by Crippen LogP contribution is 2.24. The normalized spacial score (nSPS) is 13.8. The van der Waals surface area contributed by atoms with E-state index in [0.717, 1.165) is 17.7 Å². The molecule has 0 heterocycles. The first-order valence-electron chi connectivity index (χ1n) is 6.67. The molecule has 0 amide bonds. The van der Waals surface area contributed by atoms with Gasteiger partial charge in [-0.3, -0.25) is 0 Å². The van der Waals surface area contributed by atoms with Crippen molar-refractivity contribution in [3.05, 3.63) is 65.7 Å². The summed E-state index contributed by atoms with van der Waals surface area (Å²) in [5.41, 5.74) is 2.09. The van der Waals surface area contributed by atoms with Crippen molar-refractivity contribution < 1.29 is 9.84 Å². The Hall–Kier alpha value is -1.80. The monoisotopic (exact) mass is 256 g/mol. The van der Waals surface area contributed by atoms with Crippen molar-refractivity contribution in [2.24, 2.45) is 0 Å². The highest BCUT2D eigenvalue weighted by molar-refractivity contribution is 5.27. The van der Waals surface area contributed by atoms with E-state index in [-0.39, 0.29) is 6.10 Å². The Bertz CT molecular complexity index is 490. The summed E-state index contributed by atoms with van der Waals surface area (Å²) in [4.78, 5) is 0. The van der Waals surface area contributed by atoms with E-state index in [1.165, 1.54) is 5.56 Å². The molecule has 0 radical (unpaired) electrons. The zero-order chi connectivity index (χ0) is 13.7. The van der Waals surface area contributed by atoms with Crippen molar-refractivity contribution in [3.8, 4) is 5.75 Å². The zero-order valence-electron chi connectivity index (χ0n) is 11.4. The maximum absolute atomic E-state index is 10.4. The van der Waals surface area contributed by atoms with Crippen molar-refractivity contribution >= 4 is 0 Å². The van der Waals surface area contributed by atoms with E-state index >= 15 is 0 Å². The number of aliphatic hydroxyl groups is 1. The number of rotatable bonds is 5. The van der Waals surface area contributed by atoms with Gasteiger partial charge < -0.3 is 9.84 Å². The molecular weight excluding hydrogens is 236 g/mol. The van der Waals surface area contributed by atoms with Gasteiger partial charge >= 0.3 is 0 Å². The van der Waals surface area contributed by atoms with Gasteiger partial charge in [0.1, 0.15) is 18.0 Å². The molecule has 2 rings (SSSR count). The second-order valence-electron chi connectivity index (χ2n) is 4.73. The van der Waals surface area contributed by atoms with Crippen LogP contribution in [0.3, 0.4) is 0 Å². The van der Waals surface area contributed by atoms with Gasteiger partial charge in [-0.25, -0.2) is 0 Å². The van der Waals surface area contributed by atoms with Crippen LogP contribution in [0.2, 0.25) is 0 Å². The van der Waals surface area contributed by atoms with Crippen LogP contribution in [0.1, 0.15) is 30.6 Å². The van der Waals surface area contributed by atoms with Crippen molar-refractivity contribution in [3.63, 3.8) is 0 Å². The minimum Gasteiger partial charge on any atom is -0.487 e. The molecule has 0 saturated carbocycles. The molecule has 100 valence electrons. The molecule has 2 heteroatoms. The van der Waals surface area contributed by atoms with E-state index in [1.807, 2.05) is 68.4 Å². The summed E-state index contributed by atoms with van der Waals surface area (Å²) in [6.45, 7) is 4.06. The number of hydrogen-bond acceptors (Lipinski definition) is 2. The second-order valence-corrected chi connectivity index (χ2v) is 4.73. The molecule has 2 nitrogen and oxygen atoms in total. The SMILES string of the molecule is CCC(Oc1ccc(C)cc1)C(O)c1ccccc1. The Labute approximate surface area is 114 Å². The fourth-order valence-electron chi connectivity index (χ4n) is 2.03. The van der Waals surface area contributed by atoms with Crippen molar-refractivity contribution in [1.29, 1.82) is 0 Å². The zero-order valence-corrected chi connectivity index (χ0v) is 11.4. The summed E-state index contributed by atoms with van der Waals surface area (Å²) < 4.78 is 5.88. The van der Waals surface area contributed by atoms with E-state index in [1.54, 1.807) is 0 Å². The predicted molar refractivity (Wildman–Crippen MR) is 77.3 cm³/mol. The van der Waals surface area contributed by atoms with E-state index in [9.17, 15) is 5.11 Å². The Morgan fingerprint density at radius 3 is 2.21 bits per heavy atom. The minimum absolute atomic E-state index is 0.231. The van der Waals surface area contributed by atoms with E-state index in [0.29, 0.717) is 0 Å². The average Bonchev–Trinajstić information content (AvgIpc) is 2.47. The van der Waals surface area contributed by atoms with Crippen LogP contribution in [0.25, 0.3) is 0 Å². The fraction of sp³-hybridized carbons (Fsp3) is 0.294. The van der Waals surface area contributed by atoms with Crippen molar-refractivity contribution in [1.82, 2.24) is 0 Å². The molecular formula is C17H20O2. The van der Waals surface area contributed by atoms with Gasteiger partial charge in [0.2, 0.25) is 0 Å². The van der Waals surface area contributed by atoms with Gasteiger partial charge in [0, 0.05) is 0 Å². The quantitative estimate of drug-likeness (QED) is 0.879. The van der Waals surface area contributed by atoms with E-state index in [4.69, 9.17) is 4.74 Å². The standard InChI is InChI=1S/C17H20O2/c1-3-16(17(18)14-7-5-4-6-8-14)19-15-11-9-13(2)10-12-15/h4-12,16-18H,3H2,1-2H3. The molecule has 0 saturated heterocycles. The molecule has 2 atom stereocenters. The van der Waals surface area contributed by atoms with Crippen LogP contribution in [0, 0.1) is 6.92 Å². The van der Waals surface area contributed by atoms with Gasteiger partial charge in [-0.1, -0.05) is 55.0 Å². The lowest BCUT2D eigenvalue weighted by Crippen LogP contribution is -2.24. The number of aliphatic hydroxyl groups excluding tert-OH is 1. The first kappa shape index (κ1) is 13.6. The van der Waals surface area contributed by atoms with Crippen LogP contribution in [-0.2, 0) is 0 Å². The molecule has 0 aliphatic carbocycles. The lowest BCUT2D eigenvalue weighted by molar-refractivity contribution is 0.0332. The molecule has 0 aromatic heterocycles. The van der Waals surface area contributed by atoms with Crippen LogP contribution in [0.15, 0.2) is 54.6 Å². The molecule has 0 fully saturated rings. The Balaban J connectivity index is 2.10. The lowest BCUT2D eigenvalue weighted by atomic mass is 10.0. The van der Waals surface area contributed by atoms with Crippen LogP contribution in [0.4, 0.5) is 0 Å².